The Hall–Kier alpha value is -4.00. The van der Waals surface area contributed by atoms with Crippen LogP contribution in [0.4, 0.5) is 0 Å². The van der Waals surface area contributed by atoms with Gasteiger partial charge in [0, 0.05) is 12.1 Å². The smallest absolute Gasteiger partial charge is 0.295 e. The van der Waals surface area contributed by atoms with E-state index in [2.05, 4.69) is 0 Å². The van der Waals surface area contributed by atoms with E-state index in [-0.39, 0.29) is 11.3 Å². The number of aliphatic hydroxyl groups excluding tert-OH is 1. The molecule has 1 saturated heterocycles. The average Bonchev–Trinajstić information content (AvgIpc) is 3.38. The van der Waals surface area contributed by atoms with Crippen LogP contribution < -0.4 is 9.47 Å². The molecule has 7 nitrogen and oxygen atoms in total. The fraction of sp³-hybridized carbons (Fsp3) is 0.231. The highest BCUT2D eigenvalue weighted by Gasteiger charge is 2.47. The van der Waals surface area contributed by atoms with Crippen molar-refractivity contribution in [2.75, 3.05) is 19.8 Å². The Bertz CT molecular complexity index is 1240. The fourth-order valence-electron chi connectivity index (χ4n) is 4.25. The molecule has 5 rings (SSSR count). The molecule has 1 aromatic heterocycles. The van der Waals surface area contributed by atoms with Crippen molar-refractivity contribution in [1.29, 1.82) is 0 Å². The van der Waals surface area contributed by atoms with Gasteiger partial charge in [0.25, 0.3) is 11.7 Å². The number of aryl methyl sites for hydroxylation is 1. The van der Waals surface area contributed by atoms with Gasteiger partial charge < -0.3 is 23.9 Å². The molecule has 3 aromatic rings. The Morgan fingerprint density at radius 2 is 1.76 bits per heavy atom. The second-order valence-electron chi connectivity index (χ2n) is 8.03. The van der Waals surface area contributed by atoms with E-state index in [1.54, 1.807) is 37.3 Å². The third-order valence-corrected chi connectivity index (χ3v) is 5.87. The lowest BCUT2D eigenvalue weighted by Crippen LogP contribution is -2.31. The number of furan rings is 1. The number of carbonyl (C=O) groups is 2. The Labute approximate surface area is 190 Å². The van der Waals surface area contributed by atoms with Gasteiger partial charge >= 0.3 is 0 Å². The molecule has 0 aliphatic carbocycles. The van der Waals surface area contributed by atoms with Crippen LogP contribution >= 0.6 is 0 Å². The first kappa shape index (κ1) is 20.9. The highest BCUT2D eigenvalue weighted by Crippen LogP contribution is 2.41. The second kappa shape index (κ2) is 8.50. The SMILES string of the molecule is Cc1ccc(C2C(=C(O)c3ccc4c(c3)OCCO4)C(=O)C(=O)N2CCc2ccccc2)o1. The molecule has 0 saturated carbocycles. The third kappa shape index (κ3) is 3.86. The Morgan fingerprint density at radius 1 is 1.00 bits per heavy atom. The van der Waals surface area contributed by atoms with Crippen molar-refractivity contribution in [2.24, 2.45) is 0 Å². The van der Waals surface area contributed by atoms with Gasteiger partial charge in [-0.05, 0) is 49.2 Å². The number of ketones is 1. The van der Waals surface area contributed by atoms with E-state index in [1.165, 1.54) is 4.90 Å². The van der Waals surface area contributed by atoms with E-state index < -0.39 is 17.7 Å². The molecule has 1 atom stereocenters. The number of amides is 1. The normalized spacial score (nSPS) is 19.2. The maximum Gasteiger partial charge on any atom is 0.295 e. The first-order valence-corrected chi connectivity index (χ1v) is 10.8. The van der Waals surface area contributed by atoms with Gasteiger partial charge in [-0.3, -0.25) is 9.59 Å². The molecule has 1 amide bonds. The first-order valence-electron chi connectivity index (χ1n) is 10.8. The van der Waals surface area contributed by atoms with Crippen LogP contribution in [0.1, 0.15) is 28.7 Å². The van der Waals surface area contributed by atoms with Crippen molar-refractivity contribution in [3.63, 3.8) is 0 Å². The maximum absolute atomic E-state index is 13.1. The zero-order chi connectivity index (χ0) is 22.9. The highest BCUT2D eigenvalue weighted by molar-refractivity contribution is 6.46. The van der Waals surface area contributed by atoms with Crippen LogP contribution in [0.25, 0.3) is 5.76 Å². The molecular weight excluding hydrogens is 422 g/mol. The Balaban J connectivity index is 1.56. The summed E-state index contributed by atoms with van der Waals surface area (Å²) in [5.41, 5.74) is 1.41. The number of carbonyl (C=O) groups excluding carboxylic acids is 2. The van der Waals surface area contributed by atoms with Gasteiger partial charge in [0.2, 0.25) is 0 Å². The number of rotatable bonds is 5. The topological polar surface area (TPSA) is 89.2 Å². The van der Waals surface area contributed by atoms with E-state index in [1.807, 2.05) is 30.3 Å². The number of hydrogen-bond donors (Lipinski definition) is 1. The van der Waals surface area contributed by atoms with Crippen molar-refractivity contribution in [3.05, 3.63) is 88.9 Å². The van der Waals surface area contributed by atoms with Gasteiger partial charge in [-0.1, -0.05) is 30.3 Å². The van der Waals surface area contributed by atoms with Gasteiger partial charge in [-0.25, -0.2) is 0 Å². The molecule has 3 heterocycles. The van der Waals surface area contributed by atoms with Gasteiger partial charge in [-0.15, -0.1) is 0 Å². The molecule has 0 spiro atoms. The minimum atomic E-state index is -0.824. The molecule has 0 bridgehead atoms. The number of ether oxygens (including phenoxy) is 2. The zero-order valence-corrected chi connectivity index (χ0v) is 18.1. The summed E-state index contributed by atoms with van der Waals surface area (Å²) in [4.78, 5) is 27.6. The van der Waals surface area contributed by atoms with Crippen molar-refractivity contribution in [2.45, 2.75) is 19.4 Å². The number of fused-ring (bicyclic) bond motifs is 1. The predicted molar refractivity (Wildman–Crippen MR) is 120 cm³/mol. The molecule has 7 heteroatoms. The molecule has 168 valence electrons. The molecular formula is C26H23NO6. The Kier molecular flexibility index (Phi) is 5.38. The van der Waals surface area contributed by atoms with Crippen LogP contribution in [-0.2, 0) is 16.0 Å². The van der Waals surface area contributed by atoms with E-state index in [9.17, 15) is 14.7 Å². The van der Waals surface area contributed by atoms with E-state index in [4.69, 9.17) is 13.9 Å². The molecule has 2 aromatic carbocycles. The molecule has 2 aliphatic heterocycles. The summed E-state index contributed by atoms with van der Waals surface area (Å²) in [7, 11) is 0. The molecule has 1 unspecified atom stereocenters. The first-order chi connectivity index (χ1) is 16.0. The number of benzene rings is 2. The third-order valence-electron chi connectivity index (χ3n) is 5.87. The second-order valence-corrected chi connectivity index (χ2v) is 8.03. The van der Waals surface area contributed by atoms with Gasteiger partial charge in [0.15, 0.2) is 11.5 Å². The maximum atomic E-state index is 13.1. The highest BCUT2D eigenvalue weighted by atomic mass is 16.6. The van der Waals surface area contributed by atoms with E-state index in [0.29, 0.717) is 54.8 Å². The molecule has 0 radical (unpaired) electrons. The van der Waals surface area contributed by atoms with Crippen LogP contribution in [0.2, 0.25) is 0 Å². The summed E-state index contributed by atoms with van der Waals surface area (Å²) in [6, 6.07) is 17.4. The summed E-state index contributed by atoms with van der Waals surface area (Å²) in [6.07, 6.45) is 0.564. The minimum absolute atomic E-state index is 0.000843. The largest absolute Gasteiger partial charge is 0.507 e. The molecule has 1 fully saturated rings. The number of likely N-dealkylation sites (tertiary alicyclic amines) is 1. The van der Waals surface area contributed by atoms with Crippen LogP contribution in [-0.4, -0.2) is 41.5 Å². The van der Waals surface area contributed by atoms with Crippen LogP contribution in [0.5, 0.6) is 11.5 Å². The molecule has 2 aliphatic rings. The molecule has 1 N–H and O–H groups in total. The fourth-order valence-corrected chi connectivity index (χ4v) is 4.25. The summed E-state index contributed by atoms with van der Waals surface area (Å²) in [6.45, 7) is 2.94. The lowest BCUT2D eigenvalue weighted by atomic mass is 9.99. The average molecular weight is 445 g/mol. The lowest BCUT2D eigenvalue weighted by Gasteiger charge is -2.23. The summed E-state index contributed by atoms with van der Waals surface area (Å²) in [5.74, 6) is 0.454. The summed E-state index contributed by atoms with van der Waals surface area (Å²) >= 11 is 0. The predicted octanol–water partition coefficient (Wildman–Crippen LogP) is 4.02. The van der Waals surface area contributed by atoms with Crippen LogP contribution in [0, 0.1) is 6.92 Å². The van der Waals surface area contributed by atoms with Gasteiger partial charge in [-0.2, -0.15) is 0 Å². The minimum Gasteiger partial charge on any atom is -0.507 e. The number of nitrogens with zero attached hydrogens (tertiary/aromatic N) is 1. The van der Waals surface area contributed by atoms with Gasteiger partial charge in [0.05, 0.1) is 5.57 Å². The standard InChI is InChI=1S/C26H23NO6/c1-16-7-9-20(33-16)23-22(24(28)18-8-10-19-21(15-18)32-14-13-31-19)25(29)26(30)27(23)12-11-17-5-3-2-4-6-17/h2-10,15,23,28H,11-14H2,1H3. The van der Waals surface area contributed by atoms with Crippen molar-refractivity contribution in [1.82, 2.24) is 4.90 Å². The van der Waals surface area contributed by atoms with Crippen molar-refractivity contribution >= 4 is 17.4 Å². The van der Waals surface area contributed by atoms with Crippen LogP contribution in [0.3, 0.4) is 0 Å². The quantitative estimate of drug-likeness (QED) is 0.362. The van der Waals surface area contributed by atoms with Crippen molar-refractivity contribution in [3.8, 4) is 11.5 Å². The summed E-state index contributed by atoms with van der Waals surface area (Å²) in [5, 5.41) is 11.2. The monoisotopic (exact) mass is 445 g/mol. The summed E-state index contributed by atoms with van der Waals surface area (Å²) < 4.78 is 17.0. The van der Waals surface area contributed by atoms with Crippen molar-refractivity contribution < 1.29 is 28.6 Å². The number of Topliss-reactive ketones (excluding diaryl/α,β-unsaturated/α-hetero) is 1. The molecule has 33 heavy (non-hydrogen) atoms. The zero-order valence-electron chi connectivity index (χ0n) is 18.1. The number of hydrogen-bond acceptors (Lipinski definition) is 6. The lowest BCUT2D eigenvalue weighted by molar-refractivity contribution is -0.140. The van der Waals surface area contributed by atoms with E-state index in [0.717, 1.165) is 5.56 Å². The Morgan fingerprint density at radius 3 is 2.48 bits per heavy atom. The van der Waals surface area contributed by atoms with E-state index >= 15 is 0 Å². The van der Waals surface area contributed by atoms with Gasteiger partial charge in [0.1, 0.15) is 36.5 Å². The van der Waals surface area contributed by atoms with Crippen LogP contribution in [0.15, 0.2) is 70.7 Å². The number of aliphatic hydroxyl groups is 1.